The smallest absolute Gasteiger partial charge is 0.320 e. The van der Waals surface area contributed by atoms with Gasteiger partial charge < -0.3 is 19.4 Å². The monoisotopic (exact) mass is 253 g/mol. The second kappa shape index (κ2) is 4.76. The molecule has 3 aliphatic heterocycles. The van der Waals surface area contributed by atoms with Gasteiger partial charge in [-0.15, -0.1) is 0 Å². The van der Waals surface area contributed by atoms with E-state index < -0.39 is 0 Å². The van der Waals surface area contributed by atoms with Crippen molar-refractivity contribution in [2.75, 3.05) is 45.9 Å². The van der Waals surface area contributed by atoms with Gasteiger partial charge in [0.25, 0.3) is 0 Å². The maximum Gasteiger partial charge on any atom is 0.320 e. The van der Waals surface area contributed by atoms with E-state index in [1.807, 2.05) is 14.7 Å². The number of piperazine rings is 1. The van der Waals surface area contributed by atoms with Crippen LogP contribution in [0.15, 0.2) is 0 Å². The highest BCUT2D eigenvalue weighted by molar-refractivity contribution is 5.80. The standard InChI is InChI=1S/C12H19N3O3/c16-11-2-1-10-9-14(3-4-15(10)11)12(17)13-5-7-18-8-6-13/h10H,1-9H2. The fraction of sp³-hybridized carbons (Fsp3) is 0.833. The first-order valence-electron chi connectivity index (χ1n) is 6.67. The Morgan fingerprint density at radius 1 is 1.11 bits per heavy atom. The van der Waals surface area contributed by atoms with Gasteiger partial charge in [0.2, 0.25) is 5.91 Å². The maximum atomic E-state index is 12.3. The third kappa shape index (κ3) is 2.05. The predicted molar refractivity (Wildman–Crippen MR) is 64.1 cm³/mol. The Hall–Kier alpha value is -1.30. The van der Waals surface area contributed by atoms with E-state index in [1.165, 1.54) is 0 Å². The van der Waals surface area contributed by atoms with Gasteiger partial charge in [-0.2, -0.15) is 0 Å². The van der Waals surface area contributed by atoms with Gasteiger partial charge in [-0.3, -0.25) is 4.79 Å². The number of hydrogen-bond donors (Lipinski definition) is 0. The molecule has 18 heavy (non-hydrogen) atoms. The molecule has 6 heteroatoms. The van der Waals surface area contributed by atoms with E-state index in [-0.39, 0.29) is 18.0 Å². The van der Waals surface area contributed by atoms with Gasteiger partial charge in [-0.25, -0.2) is 4.79 Å². The highest BCUT2D eigenvalue weighted by atomic mass is 16.5. The van der Waals surface area contributed by atoms with Crippen LogP contribution in [0.2, 0.25) is 0 Å². The summed E-state index contributed by atoms with van der Waals surface area (Å²) in [6, 6.07) is 0.355. The van der Waals surface area contributed by atoms with E-state index in [9.17, 15) is 9.59 Å². The largest absolute Gasteiger partial charge is 0.378 e. The summed E-state index contributed by atoms with van der Waals surface area (Å²) in [7, 11) is 0. The molecule has 0 aromatic rings. The lowest BCUT2D eigenvalue weighted by Gasteiger charge is -2.40. The van der Waals surface area contributed by atoms with E-state index in [1.54, 1.807) is 0 Å². The van der Waals surface area contributed by atoms with E-state index >= 15 is 0 Å². The van der Waals surface area contributed by atoms with Gasteiger partial charge in [-0.1, -0.05) is 0 Å². The molecule has 3 rings (SSSR count). The van der Waals surface area contributed by atoms with E-state index in [0.29, 0.717) is 52.4 Å². The van der Waals surface area contributed by atoms with Gasteiger partial charge in [0.05, 0.1) is 13.2 Å². The van der Waals surface area contributed by atoms with Gasteiger partial charge in [0.15, 0.2) is 0 Å². The fourth-order valence-corrected chi connectivity index (χ4v) is 2.99. The van der Waals surface area contributed by atoms with Gasteiger partial charge in [0, 0.05) is 45.2 Å². The third-order valence-corrected chi connectivity index (χ3v) is 4.05. The molecule has 3 saturated heterocycles. The Balaban J connectivity index is 1.60. The molecule has 0 aromatic carbocycles. The zero-order valence-corrected chi connectivity index (χ0v) is 10.5. The summed E-state index contributed by atoms with van der Waals surface area (Å²) in [5, 5.41) is 0. The van der Waals surface area contributed by atoms with Gasteiger partial charge in [0.1, 0.15) is 0 Å². The third-order valence-electron chi connectivity index (χ3n) is 4.05. The number of carbonyl (C=O) groups is 2. The molecule has 3 amide bonds. The van der Waals surface area contributed by atoms with Crippen LogP contribution in [0.1, 0.15) is 12.8 Å². The Morgan fingerprint density at radius 3 is 2.67 bits per heavy atom. The molecule has 100 valence electrons. The van der Waals surface area contributed by atoms with Gasteiger partial charge >= 0.3 is 6.03 Å². The first-order chi connectivity index (χ1) is 8.75. The lowest BCUT2D eigenvalue weighted by atomic mass is 10.1. The highest BCUT2D eigenvalue weighted by Gasteiger charge is 2.37. The molecule has 3 aliphatic rings. The molecular weight excluding hydrogens is 234 g/mol. The number of amides is 3. The summed E-state index contributed by atoms with van der Waals surface area (Å²) in [4.78, 5) is 29.6. The Kier molecular flexibility index (Phi) is 3.11. The van der Waals surface area contributed by atoms with Crippen molar-refractivity contribution in [1.82, 2.24) is 14.7 Å². The molecule has 3 heterocycles. The average Bonchev–Trinajstić information content (AvgIpc) is 2.80. The lowest BCUT2D eigenvalue weighted by molar-refractivity contribution is -0.130. The number of nitrogens with zero attached hydrogens (tertiary/aromatic N) is 3. The second-order valence-corrected chi connectivity index (χ2v) is 5.11. The summed E-state index contributed by atoms with van der Waals surface area (Å²) in [6.45, 7) is 4.69. The molecule has 0 spiro atoms. The predicted octanol–water partition coefficient (Wildman–Crippen LogP) is -0.255. The first-order valence-corrected chi connectivity index (χ1v) is 6.67. The number of fused-ring (bicyclic) bond motifs is 1. The molecule has 0 saturated carbocycles. The minimum absolute atomic E-state index is 0.109. The fourth-order valence-electron chi connectivity index (χ4n) is 2.99. The van der Waals surface area contributed by atoms with Crippen LogP contribution in [-0.4, -0.2) is 78.6 Å². The molecule has 0 aliphatic carbocycles. The molecule has 0 radical (unpaired) electrons. The van der Waals surface area contributed by atoms with E-state index in [0.717, 1.165) is 6.42 Å². The first kappa shape index (κ1) is 11.8. The molecule has 1 unspecified atom stereocenters. The lowest BCUT2D eigenvalue weighted by Crippen LogP contribution is -2.57. The Labute approximate surface area is 106 Å². The second-order valence-electron chi connectivity index (χ2n) is 5.11. The van der Waals surface area contributed by atoms with Crippen molar-refractivity contribution in [1.29, 1.82) is 0 Å². The van der Waals surface area contributed by atoms with Crippen LogP contribution in [0.5, 0.6) is 0 Å². The van der Waals surface area contributed by atoms with Crippen LogP contribution in [0.25, 0.3) is 0 Å². The molecule has 1 atom stereocenters. The number of rotatable bonds is 0. The summed E-state index contributed by atoms with van der Waals surface area (Å²) < 4.78 is 5.26. The highest BCUT2D eigenvalue weighted by Crippen LogP contribution is 2.23. The van der Waals surface area contributed by atoms with Crippen molar-refractivity contribution in [2.45, 2.75) is 18.9 Å². The summed E-state index contributed by atoms with van der Waals surface area (Å²) in [5.74, 6) is 0.249. The quantitative estimate of drug-likeness (QED) is 0.598. The average molecular weight is 253 g/mol. The Morgan fingerprint density at radius 2 is 1.89 bits per heavy atom. The minimum atomic E-state index is 0.109. The van der Waals surface area contributed by atoms with Crippen molar-refractivity contribution < 1.29 is 14.3 Å². The zero-order chi connectivity index (χ0) is 12.5. The zero-order valence-electron chi connectivity index (χ0n) is 10.5. The van der Waals surface area contributed by atoms with Crippen LogP contribution in [0, 0.1) is 0 Å². The summed E-state index contributed by atoms with van der Waals surface area (Å²) >= 11 is 0. The molecule has 0 N–H and O–H groups in total. The maximum absolute atomic E-state index is 12.3. The normalized spacial score (nSPS) is 28.6. The number of urea groups is 1. The summed E-state index contributed by atoms with van der Waals surface area (Å²) in [5.41, 5.74) is 0. The molecular formula is C12H19N3O3. The minimum Gasteiger partial charge on any atom is -0.378 e. The summed E-state index contributed by atoms with van der Waals surface area (Å²) in [6.07, 6.45) is 1.54. The van der Waals surface area contributed by atoms with Crippen LogP contribution < -0.4 is 0 Å². The number of hydrogen-bond acceptors (Lipinski definition) is 3. The van der Waals surface area contributed by atoms with Crippen molar-refractivity contribution in [3.63, 3.8) is 0 Å². The van der Waals surface area contributed by atoms with E-state index in [4.69, 9.17) is 4.74 Å². The SMILES string of the molecule is O=C(N1CCOCC1)N1CCN2C(=O)CCC2C1. The Bertz CT molecular complexity index is 354. The van der Waals surface area contributed by atoms with Crippen LogP contribution in [0.3, 0.4) is 0 Å². The number of ether oxygens (including phenoxy) is 1. The van der Waals surface area contributed by atoms with Crippen molar-refractivity contribution in [3.05, 3.63) is 0 Å². The topological polar surface area (TPSA) is 53.1 Å². The molecule has 6 nitrogen and oxygen atoms in total. The van der Waals surface area contributed by atoms with Gasteiger partial charge in [-0.05, 0) is 6.42 Å². The number of carbonyl (C=O) groups excluding carboxylic acids is 2. The molecule has 3 fully saturated rings. The van der Waals surface area contributed by atoms with Crippen LogP contribution in [0.4, 0.5) is 4.79 Å². The van der Waals surface area contributed by atoms with Crippen molar-refractivity contribution in [3.8, 4) is 0 Å². The van der Waals surface area contributed by atoms with Crippen molar-refractivity contribution >= 4 is 11.9 Å². The molecule has 0 aromatic heterocycles. The van der Waals surface area contributed by atoms with Crippen LogP contribution >= 0.6 is 0 Å². The van der Waals surface area contributed by atoms with Crippen LogP contribution in [-0.2, 0) is 9.53 Å². The molecule has 0 bridgehead atoms. The number of morpholine rings is 1. The van der Waals surface area contributed by atoms with Crippen molar-refractivity contribution in [2.24, 2.45) is 0 Å². The van der Waals surface area contributed by atoms with E-state index in [2.05, 4.69) is 0 Å².